The minimum atomic E-state index is -0.453. The normalized spacial score (nSPS) is 16.7. The number of para-hydroxylation sites is 1. The number of hydrogen-bond donors (Lipinski definition) is 0. The molecule has 1 aliphatic rings. The van der Waals surface area contributed by atoms with Gasteiger partial charge < -0.3 is 9.47 Å². The zero-order chi connectivity index (χ0) is 20.2. The Balaban J connectivity index is 1.80. The predicted molar refractivity (Wildman–Crippen MR) is 113 cm³/mol. The van der Waals surface area contributed by atoms with Gasteiger partial charge in [0.1, 0.15) is 0 Å². The summed E-state index contributed by atoms with van der Waals surface area (Å²) < 4.78 is 12.3. The van der Waals surface area contributed by atoms with Crippen LogP contribution < -0.4 is 5.56 Å². The molecule has 6 nitrogen and oxygen atoms in total. The highest BCUT2D eigenvalue weighted by atomic mass is 32.2. The number of ether oxygens (including phenoxy) is 2. The largest absolute Gasteiger partial charge is 0.465 e. The fourth-order valence-corrected chi connectivity index (χ4v) is 4.50. The first-order valence-corrected chi connectivity index (χ1v) is 10.6. The van der Waals surface area contributed by atoms with Gasteiger partial charge in [-0.05, 0) is 49.6 Å². The van der Waals surface area contributed by atoms with E-state index < -0.39 is 5.97 Å². The van der Waals surface area contributed by atoms with E-state index in [4.69, 9.17) is 14.5 Å². The molecule has 4 rings (SSSR count). The molecule has 1 atom stereocenters. The molecule has 29 heavy (non-hydrogen) atoms. The lowest BCUT2D eigenvalue weighted by atomic mass is 10.1. The number of carbonyl (C=O) groups excluding carboxylic acids is 1. The van der Waals surface area contributed by atoms with Crippen LogP contribution in [0, 0.1) is 0 Å². The SMILES string of the molecule is COC(=O)c1ccc2c(=O)n(-c3ccccc3)c(SC[C@@H]3CCCCO3)nc2c1. The predicted octanol–water partition coefficient (Wildman–Crippen LogP) is 3.83. The summed E-state index contributed by atoms with van der Waals surface area (Å²) in [7, 11) is 1.33. The summed E-state index contributed by atoms with van der Waals surface area (Å²) in [6, 6.07) is 14.3. The Morgan fingerprint density at radius 3 is 2.79 bits per heavy atom. The molecule has 0 bridgehead atoms. The van der Waals surface area contributed by atoms with Crippen molar-refractivity contribution in [2.75, 3.05) is 19.5 Å². The van der Waals surface area contributed by atoms with Gasteiger partial charge in [0.25, 0.3) is 5.56 Å². The topological polar surface area (TPSA) is 70.4 Å². The molecule has 0 N–H and O–H groups in total. The van der Waals surface area contributed by atoms with Crippen molar-refractivity contribution in [2.45, 2.75) is 30.5 Å². The first-order chi connectivity index (χ1) is 14.2. The number of benzene rings is 2. The number of aromatic nitrogens is 2. The molecule has 1 fully saturated rings. The summed E-state index contributed by atoms with van der Waals surface area (Å²) in [4.78, 5) is 29.9. The summed E-state index contributed by atoms with van der Waals surface area (Å²) >= 11 is 1.51. The van der Waals surface area contributed by atoms with Crippen molar-refractivity contribution in [3.05, 3.63) is 64.4 Å². The van der Waals surface area contributed by atoms with Gasteiger partial charge in [-0.15, -0.1) is 0 Å². The second kappa shape index (κ2) is 8.80. The van der Waals surface area contributed by atoms with E-state index in [1.54, 1.807) is 22.8 Å². The standard InChI is InChI=1S/C22H22N2O4S/c1-27-21(26)15-10-11-18-19(13-15)23-22(29-14-17-9-5-6-12-28-17)24(20(18)25)16-7-3-2-4-8-16/h2-4,7-8,10-11,13,17H,5-6,9,12,14H2,1H3/t17-/m0/s1. The number of hydrogen-bond acceptors (Lipinski definition) is 6. The summed E-state index contributed by atoms with van der Waals surface area (Å²) in [5.74, 6) is 0.271. The molecule has 1 aromatic heterocycles. The molecule has 7 heteroatoms. The fourth-order valence-electron chi connectivity index (χ4n) is 3.42. The molecule has 2 aromatic carbocycles. The summed E-state index contributed by atoms with van der Waals surface area (Å²) in [6.07, 6.45) is 3.43. The highest BCUT2D eigenvalue weighted by Crippen LogP contribution is 2.25. The van der Waals surface area contributed by atoms with Crippen LogP contribution in [0.1, 0.15) is 29.6 Å². The Morgan fingerprint density at radius 1 is 1.24 bits per heavy atom. The van der Waals surface area contributed by atoms with Crippen LogP contribution in [0.3, 0.4) is 0 Å². The smallest absolute Gasteiger partial charge is 0.337 e. The summed E-state index contributed by atoms with van der Waals surface area (Å²) in [6.45, 7) is 0.782. The van der Waals surface area contributed by atoms with Crippen LogP contribution in [-0.2, 0) is 9.47 Å². The van der Waals surface area contributed by atoms with Crippen LogP contribution in [0.4, 0.5) is 0 Å². The van der Waals surface area contributed by atoms with Crippen molar-refractivity contribution in [1.82, 2.24) is 9.55 Å². The molecule has 0 radical (unpaired) electrons. The van der Waals surface area contributed by atoms with Crippen molar-refractivity contribution in [3.8, 4) is 5.69 Å². The van der Waals surface area contributed by atoms with Gasteiger partial charge in [-0.2, -0.15) is 0 Å². The molecule has 1 saturated heterocycles. The first-order valence-electron chi connectivity index (χ1n) is 9.62. The van der Waals surface area contributed by atoms with E-state index in [-0.39, 0.29) is 11.7 Å². The van der Waals surface area contributed by atoms with Gasteiger partial charge in [0, 0.05) is 12.4 Å². The number of fused-ring (bicyclic) bond motifs is 1. The van der Waals surface area contributed by atoms with Gasteiger partial charge in [-0.25, -0.2) is 9.78 Å². The fraction of sp³-hybridized carbons (Fsp3) is 0.318. The molecule has 0 aliphatic carbocycles. The van der Waals surface area contributed by atoms with Gasteiger partial charge in [0.2, 0.25) is 0 Å². The Hall–Kier alpha value is -2.64. The Bertz CT molecular complexity index is 1080. The average Bonchev–Trinajstić information content (AvgIpc) is 2.78. The van der Waals surface area contributed by atoms with Crippen molar-refractivity contribution in [1.29, 1.82) is 0 Å². The Labute approximate surface area is 172 Å². The number of rotatable bonds is 5. The molecule has 2 heterocycles. The lowest BCUT2D eigenvalue weighted by Gasteiger charge is -2.22. The molecule has 150 valence electrons. The Morgan fingerprint density at radius 2 is 2.07 bits per heavy atom. The molecular weight excluding hydrogens is 388 g/mol. The molecule has 1 aliphatic heterocycles. The number of carbonyl (C=O) groups is 1. The van der Waals surface area contributed by atoms with E-state index in [1.165, 1.54) is 18.9 Å². The third kappa shape index (κ3) is 4.21. The van der Waals surface area contributed by atoms with E-state index in [0.717, 1.165) is 37.3 Å². The summed E-state index contributed by atoms with van der Waals surface area (Å²) in [5, 5.41) is 1.05. The minimum Gasteiger partial charge on any atom is -0.465 e. The highest BCUT2D eigenvalue weighted by Gasteiger charge is 2.19. The lowest BCUT2D eigenvalue weighted by molar-refractivity contribution is 0.0315. The molecular formula is C22H22N2O4S. The maximum atomic E-state index is 13.3. The van der Waals surface area contributed by atoms with E-state index in [1.807, 2.05) is 30.3 Å². The van der Waals surface area contributed by atoms with Crippen LogP contribution in [0.5, 0.6) is 0 Å². The van der Waals surface area contributed by atoms with Crippen molar-refractivity contribution >= 4 is 28.6 Å². The number of esters is 1. The molecule has 0 saturated carbocycles. The van der Waals surface area contributed by atoms with E-state index in [0.29, 0.717) is 21.6 Å². The van der Waals surface area contributed by atoms with Crippen LogP contribution in [0.25, 0.3) is 16.6 Å². The number of thioether (sulfide) groups is 1. The second-order valence-corrected chi connectivity index (χ2v) is 7.88. The maximum Gasteiger partial charge on any atom is 0.337 e. The van der Waals surface area contributed by atoms with Gasteiger partial charge in [0.05, 0.1) is 35.4 Å². The highest BCUT2D eigenvalue weighted by molar-refractivity contribution is 7.99. The number of methoxy groups -OCH3 is 1. The zero-order valence-corrected chi connectivity index (χ0v) is 17.0. The monoisotopic (exact) mass is 410 g/mol. The van der Waals surface area contributed by atoms with Crippen molar-refractivity contribution in [2.24, 2.45) is 0 Å². The summed E-state index contributed by atoms with van der Waals surface area (Å²) in [5.41, 5.74) is 1.45. The second-order valence-electron chi connectivity index (χ2n) is 6.89. The maximum absolute atomic E-state index is 13.3. The average molecular weight is 410 g/mol. The van der Waals surface area contributed by atoms with E-state index in [9.17, 15) is 9.59 Å². The van der Waals surface area contributed by atoms with Crippen LogP contribution in [0.2, 0.25) is 0 Å². The quantitative estimate of drug-likeness (QED) is 0.362. The molecule has 0 amide bonds. The van der Waals surface area contributed by atoms with Crippen LogP contribution in [-0.4, -0.2) is 41.1 Å². The number of nitrogens with zero attached hydrogens (tertiary/aromatic N) is 2. The molecule has 3 aromatic rings. The third-order valence-electron chi connectivity index (χ3n) is 4.95. The van der Waals surface area contributed by atoms with Gasteiger partial charge in [-0.1, -0.05) is 30.0 Å². The van der Waals surface area contributed by atoms with Crippen molar-refractivity contribution < 1.29 is 14.3 Å². The minimum absolute atomic E-state index is 0.159. The molecule has 0 spiro atoms. The van der Waals surface area contributed by atoms with Crippen LogP contribution in [0.15, 0.2) is 58.5 Å². The lowest BCUT2D eigenvalue weighted by Crippen LogP contribution is -2.24. The van der Waals surface area contributed by atoms with Gasteiger partial charge in [-0.3, -0.25) is 9.36 Å². The molecule has 0 unspecified atom stereocenters. The van der Waals surface area contributed by atoms with Crippen molar-refractivity contribution in [3.63, 3.8) is 0 Å². The van der Waals surface area contributed by atoms with Gasteiger partial charge >= 0.3 is 5.97 Å². The third-order valence-corrected chi connectivity index (χ3v) is 6.02. The van der Waals surface area contributed by atoms with Gasteiger partial charge in [0.15, 0.2) is 5.16 Å². The van der Waals surface area contributed by atoms with Crippen LogP contribution >= 0.6 is 11.8 Å². The Kier molecular flexibility index (Phi) is 5.97. The van der Waals surface area contributed by atoms with E-state index >= 15 is 0 Å². The van der Waals surface area contributed by atoms with E-state index in [2.05, 4.69) is 0 Å². The first kappa shape index (κ1) is 19.7. The zero-order valence-electron chi connectivity index (χ0n) is 16.2.